The third kappa shape index (κ3) is 5.53. The first kappa shape index (κ1) is 35.4. The van der Waals surface area contributed by atoms with Crippen LogP contribution in [0.2, 0.25) is 0 Å². The van der Waals surface area contributed by atoms with Crippen LogP contribution >= 0.6 is 0 Å². The van der Waals surface area contributed by atoms with Crippen LogP contribution in [0.15, 0.2) is 237 Å². The molecule has 0 bridgehead atoms. The predicted molar refractivity (Wildman–Crippen MR) is 266 cm³/mol. The average Bonchev–Trinajstić information content (AvgIpc) is 4.00. The molecule has 0 aliphatic rings. The molecule has 0 unspecified atom stereocenters. The Labute approximate surface area is 364 Å². The Kier molecular flexibility index (Phi) is 7.91. The van der Waals surface area contributed by atoms with Gasteiger partial charge in [0.15, 0.2) is 0 Å². The summed E-state index contributed by atoms with van der Waals surface area (Å²) in [5.41, 5.74) is 17.8. The van der Waals surface area contributed by atoms with Gasteiger partial charge in [-0.3, -0.25) is 0 Å². The van der Waals surface area contributed by atoms with Gasteiger partial charge in [0.05, 0.1) is 33.1 Å². The third-order valence-corrected chi connectivity index (χ3v) is 13.0. The molecule has 0 saturated carbocycles. The van der Waals surface area contributed by atoms with Crippen molar-refractivity contribution in [3.63, 3.8) is 0 Å². The van der Waals surface area contributed by atoms with E-state index in [1.807, 2.05) is 0 Å². The Morgan fingerprint density at radius 2 is 0.651 bits per heavy atom. The zero-order valence-electron chi connectivity index (χ0n) is 34.4. The highest BCUT2D eigenvalue weighted by molar-refractivity contribution is 6.26. The number of para-hydroxylation sites is 4. The topological polar surface area (TPSA) is 14.8 Å². The van der Waals surface area contributed by atoms with E-state index in [9.17, 15) is 0 Å². The van der Waals surface area contributed by atoms with Crippen molar-refractivity contribution < 1.29 is 0 Å². The van der Waals surface area contributed by atoms with Crippen molar-refractivity contribution >= 4 is 65.4 Å². The van der Waals surface area contributed by atoms with Gasteiger partial charge >= 0.3 is 0 Å². The van der Waals surface area contributed by atoms with Crippen molar-refractivity contribution in [1.29, 1.82) is 0 Å². The molecule has 0 N–H and O–H groups in total. The number of hydrogen-bond acceptors (Lipinski definition) is 0. The summed E-state index contributed by atoms with van der Waals surface area (Å²) in [6.07, 6.45) is 0. The van der Waals surface area contributed by atoms with Gasteiger partial charge in [-0.1, -0.05) is 152 Å². The first-order chi connectivity index (χ1) is 31.3. The first-order valence-corrected chi connectivity index (χ1v) is 21.7. The number of aromatic nitrogens is 3. The molecule has 0 radical (unpaired) electrons. The van der Waals surface area contributed by atoms with E-state index >= 15 is 0 Å². The fraction of sp³-hybridized carbons (Fsp3) is 0. The molecule has 0 saturated heterocycles. The molecule has 13 aromatic rings. The molecule has 13 rings (SSSR count). The average molecular weight is 802 g/mol. The predicted octanol–water partition coefficient (Wildman–Crippen LogP) is 16.0. The Morgan fingerprint density at radius 3 is 1.32 bits per heavy atom. The van der Waals surface area contributed by atoms with Gasteiger partial charge in [0.1, 0.15) is 0 Å². The molecule has 3 heteroatoms. The van der Waals surface area contributed by atoms with Gasteiger partial charge in [-0.25, -0.2) is 0 Å². The largest absolute Gasteiger partial charge is 0.309 e. The molecule has 3 nitrogen and oxygen atoms in total. The maximum Gasteiger partial charge on any atom is 0.0641 e. The molecule has 0 spiro atoms. The lowest BCUT2D eigenvalue weighted by molar-refractivity contribution is 1.17. The van der Waals surface area contributed by atoms with E-state index in [0.717, 1.165) is 17.1 Å². The number of nitrogens with zero attached hydrogens (tertiary/aromatic N) is 3. The Hall–Kier alpha value is -8.40. The molecule has 3 aromatic heterocycles. The van der Waals surface area contributed by atoms with Crippen LogP contribution in [0.25, 0.3) is 116 Å². The first-order valence-electron chi connectivity index (χ1n) is 21.7. The van der Waals surface area contributed by atoms with Crippen molar-refractivity contribution in [2.24, 2.45) is 0 Å². The van der Waals surface area contributed by atoms with Crippen molar-refractivity contribution in [1.82, 2.24) is 13.7 Å². The van der Waals surface area contributed by atoms with Crippen LogP contribution in [0.5, 0.6) is 0 Å². The standard InChI is InChI=1S/C60H39N3/c1-4-17-40(18-5-1)43-35-44(41-19-6-2-7-20-41)37-45(36-43)42-21-16-24-47(38-42)62-56-30-15-12-27-52(56)59-58(62)34-32-51-49-25-10-14-29-55(49)63(60(51)59)48-31-33-57-53(39-48)50-26-11-13-28-54(50)61(57)46-22-8-3-9-23-46/h1-39H. The maximum atomic E-state index is 2.51. The number of rotatable bonds is 6. The number of hydrogen-bond donors (Lipinski definition) is 0. The van der Waals surface area contributed by atoms with Gasteiger partial charge in [-0.05, 0) is 118 Å². The van der Waals surface area contributed by atoms with Gasteiger partial charge in [0.2, 0.25) is 0 Å². The number of benzene rings is 10. The quantitative estimate of drug-likeness (QED) is 0.159. The Bertz CT molecular complexity index is 3830. The fourth-order valence-electron chi connectivity index (χ4n) is 10.2. The molecule has 63 heavy (non-hydrogen) atoms. The van der Waals surface area contributed by atoms with Crippen LogP contribution in [0.1, 0.15) is 0 Å². The summed E-state index contributed by atoms with van der Waals surface area (Å²) < 4.78 is 7.36. The van der Waals surface area contributed by atoms with Gasteiger partial charge in [0, 0.05) is 49.4 Å². The van der Waals surface area contributed by atoms with Crippen LogP contribution in [0.4, 0.5) is 0 Å². The molecule has 3 heterocycles. The summed E-state index contributed by atoms with van der Waals surface area (Å²) >= 11 is 0. The molecule has 0 amide bonds. The normalized spacial score (nSPS) is 11.8. The molecule has 10 aromatic carbocycles. The van der Waals surface area contributed by atoms with E-state index in [0.29, 0.717) is 0 Å². The van der Waals surface area contributed by atoms with Crippen molar-refractivity contribution in [2.45, 2.75) is 0 Å². The van der Waals surface area contributed by atoms with Crippen molar-refractivity contribution in [2.75, 3.05) is 0 Å². The van der Waals surface area contributed by atoms with E-state index < -0.39 is 0 Å². The third-order valence-electron chi connectivity index (χ3n) is 13.0. The molecule has 294 valence electrons. The van der Waals surface area contributed by atoms with Gasteiger partial charge < -0.3 is 13.7 Å². The Balaban J connectivity index is 1.05. The van der Waals surface area contributed by atoms with Crippen LogP contribution in [0, 0.1) is 0 Å². The highest BCUT2D eigenvalue weighted by atomic mass is 15.0. The molecule has 0 aliphatic carbocycles. The highest BCUT2D eigenvalue weighted by Crippen LogP contribution is 2.44. The summed E-state index contributed by atoms with van der Waals surface area (Å²) in [7, 11) is 0. The Morgan fingerprint density at radius 1 is 0.206 bits per heavy atom. The summed E-state index contributed by atoms with van der Waals surface area (Å²) in [6.45, 7) is 0. The lowest BCUT2D eigenvalue weighted by atomic mass is 9.93. The lowest BCUT2D eigenvalue weighted by Gasteiger charge is -2.14. The smallest absolute Gasteiger partial charge is 0.0641 e. The second kappa shape index (κ2) is 14.1. The molecular formula is C60H39N3. The zero-order valence-corrected chi connectivity index (χ0v) is 34.4. The molecular weight excluding hydrogens is 763 g/mol. The minimum atomic E-state index is 1.13. The highest BCUT2D eigenvalue weighted by Gasteiger charge is 2.22. The van der Waals surface area contributed by atoms with Gasteiger partial charge in [-0.15, -0.1) is 0 Å². The molecule has 0 aliphatic heterocycles. The fourth-order valence-corrected chi connectivity index (χ4v) is 10.2. The molecule has 0 fully saturated rings. The summed E-state index contributed by atoms with van der Waals surface area (Å²) in [6, 6.07) is 86.4. The lowest BCUT2D eigenvalue weighted by Crippen LogP contribution is -1.96. The SMILES string of the molecule is c1ccc(-c2cc(-c3ccccc3)cc(-c3cccc(-n4c5ccccc5c5c4ccc4c6ccccc6n(-c6ccc7c(c6)c6ccccc6n7-c6ccccc6)c45)c3)c2)cc1. The van der Waals surface area contributed by atoms with Crippen LogP contribution < -0.4 is 0 Å². The summed E-state index contributed by atoms with van der Waals surface area (Å²) in [5, 5.41) is 7.43. The summed E-state index contributed by atoms with van der Waals surface area (Å²) in [5.74, 6) is 0. The summed E-state index contributed by atoms with van der Waals surface area (Å²) in [4.78, 5) is 0. The van der Waals surface area contributed by atoms with E-state index in [4.69, 9.17) is 0 Å². The van der Waals surface area contributed by atoms with Crippen molar-refractivity contribution in [3.05, 3.63) is 237 Å². The second-order valence-corrected chi connectivity index (χ2v) is 16.5. The molecule has 0 atom stereocenters. The van der Waals surface area contributed by atoms with E-state index in [-0.39, 0.29) is 0 Å². The minimum Gasteiger partial charge on any atom is -0.309 e. The second-order valence-electron chi connectivity index (χ2n) is 16.5. The van der Waals surface area contributed by atoms with E-state index in [1.54, 1.807) is 0 Å². The van der Waals surface area contributed by atoms with E-state index in [2.05, 4.69) is 250 Å². The van der Waals surface area contributed by atoms with Crippen LogP contribution in [-0.2, 0) is 0 Å². The van der Waals surface area contributed by atoms with Crippen LogP contribution in [-0.4, -0.2) is 13.7 Å². The van der Waals surface area contributed by atoms with Gasteiger partial charge in [0.25, 0.3) is 0 Å². The van der Waals surface area contributed by atoms with E-state index in [1.165, 1.54) is 98.8 Å². The maximum absolute atomic E-state index is 2.51. The minimum absolute atomic E-state index is 1.13. The van der Waals surface area contributed by atoms with Crippen LogP contribution in [0.3, 0.4) is 0 Å². The number of fused-ring (bicyclic) bond motifs is 10. The zero-order chi connectivity index (χ0) is 41.4. The monoisotopic (exact) mass is 801 g/mol. The van der Waals surface area contributed by atoms with Gasteiger partial charge in [-0.2, -0.15) is 0 Å². The van der Waals surface area contributed by atoms with Crippen molar-refractivity contribution in [3.8, 4) is 50.4 Å².